The summed E-state index contributed by atoms with van der Waals surface area (Å²) in [5.41, 5.74) is 3.06. The first kappa shape index (κ1) is 21.3. The van der Waals surface area contributed by atoms with E-state index >= 15 is 0 Å². The summed E-state index contributed by atoms with van der Waals surface area (Å²) in [6.45, 7) is 2.35. The van der Waals surface area contributed by atoms with E-state index in [1.807, 2.05) is 60.3 Å². The third-order valence-electron chi connectivity index (χ3n) is 6.14. The highest BCUT2D eigenvalue weighted by Gasteiger charge is 2.37. The van der Waals surface area contributed by atoms with Crippen molar-refractivity contribution in [2.45, 2.75) is 0 Å². The molecule has 7 nitrogen and oxygen atoms in total. The molecular weight excluding hydrogens is 436 g/mol. The number of nitrogens with zero attached hydrogens (tertiary/aromatic N) is 4. The van der Waals surface area contributed by atoms with E-state index in [1.165, 1.54) is 0 Å². The number of fused-ring (bicyclic) bond motifs is 1. The van der Waals surface area contributed by atoms with Crippen molar-refractivity contribution < 1.29 is 14.4 Å². The highest BCUT2D eigenvalue weighted by atomic mass is 32.2. The Balaban J connectivity index is 1.25. The highest BCUT2D eigenvalue weighted by molar-refractivity contribution is 8.18. The number of para-hydroxylation sites is 2. The van der Waals surface area contributed by atoms with Crippen LogP contribution in [0.3, 0.4) is 0 Å². The van der Waals surface area contributed by atoms with Crippen LogP contribution in [0.15, 0.2) is 65.7 Å². The van der Waals surface area contributed by atoms with Crippen LogP contribution in [0, 0.1) is 0 Å². The Bertz CT molecular complexity index is 1260. The molecule has 0 unspecified atom stereocenters. The molecule has 2 aliphatic heterocycles. The lowest BCUT2D eigenvalue weighted by Gasteiger charge is -2.36. The van der Waals surface area contributed by atoms with Gasteiger partial charge in [-0.3, -0.25) is 19.3 Å². The van der Waals surface area contributed by atoms with Crippen LogP contribution in [-0.2, 0) is 16.6 Å². The van der Waals surface area contributed by atoms with E-state index in [-0.39, 0.29) is 12.5 Å². The summed E-state index contributed by atoms with van der Waals surface area (Å²) < 4.78 is 1.99. The number of aromatic nitrogens is 1. The number of carbonyl (C=O) groups is 3. The van der Waals surface area contributed by atoms with E-state index in [2.05, 4.69) is 17.0 Å². The predicted molar refractivity (Wildman–Crippen MR) is 131 cm³/mol. The van der Waals surface area contributed by atoms with Crippen LogP contribution in [-0.4, -0.2) is 64.1 Å². The van der Waals surface area contributed by atoms with Crippen LogP contribution < -0.4 is 4.90 Å². The number of piperazine rings is 1. The SMILES string of the molecule is Cn1cc(/C=C2\SC(=O)N(CC(=O)N3CCN(c4ccccc4)CC3)C2=O)c2ccccc21. The number of imide groups is 1. The summed E-state index contributed by atoms with van der Waals surface area (Å²) in [6, 6.07) is 18.0. The molecule has 1 aromatic heterocycles. The third-order valence-corrected chi connectivity index (χ3v) is 7.04. The van der Waals surface area contributed by atoms with E-state index in [9.17, 15) is 14.4 Å². The molecule has 0 bridgehead atoms. The van der Waals surface area contributed by atoms with Crippen molar-refractivity contribution in [2.24, 2.45) is 7.05 Å². The van der Waals surface area contributed by atoms with Gasteiger partial charge in [-0.05, 0) is 36.0 Å². The van der Waals surface area contributed by atoms with Crippen molar-refractivity contribution in [2.75, 3.05) is 37.6 Å². The molecule has 8 heteroatoms. The molecule has 0 spiro atoms. The largest absolute Gasteiger partial charge is 0.368 e. The van der Waals surface area contributed by atoms with Crippen LogP contribution in [0.1, 0.15) is 5.56 Å². The second-order valence-electron chi connectivity index (χ2n) is 8.18. The molecule has 0 saturated carbocycles. The lowest BCUT2D eigenvalue weighted by atomic mass is 10.1. The summed E-state index contributed by atoms with van der Waals surface area (Å²) in [5, 5.41) is 0.613. The number of aryl methyl sites for hydroxylation is 1. The van der Waals surface area contributed by atoms with E-state index in [4.69, 9.17) is 0 Å². The maximum Gasteiger partial charge on any atom is 0.294 e. The van der Waals surface area contributed by atoms with Crippen molar-refractivity contribution >= 4 is 51.5 Å². The van der Waals surface area contributed by atoms with Crippen molar-refractivity contribution in [3.8, 4) is 0 Å². The van der Waals surface area contributed by atoms with Gasteiger partial charge in [0.25, 0.3) is 11.1 Å². The van der Waals surface area contributed by atoms with Crippen molar-refractivity contribution in [1.82, 2.24) is 14.4 Å². The highest BCUT2D eigenvalue weighted by Crippen LogP contribution is 2.34. The zero-order chi connectivity index (χ0) is 22.9. The normalized spacial score (nSPS) is 18.1. The standard InChI is InChI=1S/C25H24N4O3S/c1-26-16-18(20-9-5-6-10-21(20)26)15-22-24(31)29(25(32)33-22)17-23(30)28-13-11-27(12-14-28)19-7-3-2-4-8-19/h2-10,15-16H,11-14,17H2,1H3/b22-15-. The summed E-state index contributed by atoms with van der Waals surface area (Å²) in [7, 11) is 1.95. The van der Waals surface area contributed by atoms with Gasteiger partial charge in [-0.1, -0.05) is 36.4 Å². The molecule has 3 heterocycles. The fourth-order valence-corrected chi connectivity index (χ4v) is 5.18. The average molecular weight is 461 g/mol. The lowest BCUT2D eigenvalue weighted by molar-refractivity contribution is -0.136. The Labute approximate surface area is 196 Å². The lowest BCUT2D eigenvalue weighted by Crippen LogP contribution is -2.51. The molecule has 168 valence electrons. The minimum absolute atomic E-state index is 0.198. The number of amides is 3. The van der Waals surface area contributed by atoms with Gasteiger partial charge in [0.2, 0.25) is 5.91 Å². The zero-order valence-electron chi connectivity index (χ0n) is 18.3. The van der Waals surface area contributed by atoms with Gasteiger partial charge in [-0.2, -0.15) is 0 Å². The minimum atomic E-state index is -0.408. The van der Waals surface area contributed by atoms with Crippen LogP contribution in [0.4, 0.5) is 10.5 Å². The fraction of sp³-hybridized carbons (Fsp3) is 0.240. The predicted octanol–water partition coefficient (Wildman–Crippen LogP) is 3.56. The summed E-state index contributed by atoms with van der Waals surface area (Å²) >= 11 is 0.891. The van der Waals surface area contributed by atoms with Gasteiger partial charge in [0.1, 0.15) is 6.54 Å². The van der Waals surface area contributed by atoms with Crippen molar-refractivity contribution in [3.05, 3.63) is 71.3 Å². The Hall–Kier alpha value is -3.52. The average Bonchev–Trinajstić information content (AvgIpc) is 3.30. The van der Waals surface area contributed by atoms with E-state index in [1.54, 1.807) is 11.0 Å². The molecule has 2 fully saturated rings. The number of hydrogen-bond donors (Lipinski definition) is 0. The van der Waals surface area contributed by atoms with E-state index in [0.717, 1.165) is 51.9 Å². The Kier molecular flexibility index (Phi) is 5.68. The smallest absolute Gasteiger partial charge is 0.294 e. The second-order valence-corrected chi connectivity index (χ2v) is 9.18. The second kappa shape index (κ2) is 8.78. The van der Waals surface area contributed by atoms with Gasteiger partial charge in [-0.25, -0.2) is 0 Å². The number of carbonyl (C=O) groups excluding carboxylic acids is 3. The van der Waals surface area contributed by atoms with Gasteiger partial charge < -0.3 is 14.4 Å². The number of benzene rings is 2. The van der Waals surface area contributed by atoms with Gasteiger partial charge in [0.05, 0.1) is 4.91 Å². The third kappa shape index (κ3) is 4.14. The number of rotatable bonds is 4. The quantitative estimate of drug-likeness (QED) is 0.557. The zero-order valence-corrected chi connectivity index (χ0v) is 19.1. The van der Waals surface area contributed by atoms with Gasteiger partial charge in [0.15, 0.2) is 0 Å². The topological polar surface area (TPSA) is 65.9 Å². The van der Waals surface area contributed by atoms with Crippen LogP contribution in [0.2, 0.25) is 0 Å². The molecular formula is C25H24N4O3S. The van der Waals surface area contributed by atoms with E-state index < -0.39 is 11.1 Å². The number of hydrogen-bond acceptors (Lipinski definition) is 5. The van der Waals surface area contributed by atoms with Crippen molar-refractivity contribution in [3.63, 3.8) is 0 Å². The molecule has 33 heavy (non-hydrogen) atoms. The molecule has 0 radical (unpaired) electrons. The molecule has 3 amide bonds. The van der Waals surface area contributed by atoms with Crippen LogP contribution in [0.25, 0.3) is 17.0 Å². The van der Waals surface area contributed by atoms with E-state index in [0.29, 0.717) is 18.0 Å². The monoisotopic (exact) mass is 460 g/mol. The van der Waals surface area contributed by atoms with Crippen LogP contribution in [0.5, 0.6) is 0 Å². The first-order valence-corrected chi connectivity index (χ1v) is 11.7. The number of anilines is 1. The van der Waals surface area contributed by atoms with Gasteiger partial charge in [-0.15, -0.1) is 0 Å². The molecule has 3 aromatic rings. The Morgan fingerprint density at radius 1 is 0.970 bits per heavy atom. The summed E-state index contributed by atoms with van der Waals surface area (Å²) in [5.74, 6) is -0.606. The summed E-state index contributed by atoms with van der Waals surface area (Å²) in [6.07, 6.45) is 3.69. The minimum Gasteiger partial charge on any atom is -0.368 e. The molecule has 0 atom stereocenters. The fourth-order valence-electron chi connectivity index (χ4n) is 4.35. The molecule has 2 aromatic carbocycles. The molecule has 0 N–H and O–H groups in total. The van der Waals surface area contributed by atoms with Gasteiger partial charge in [0, 0.05) is 61.6 Å². The first-order valence-electron chi connectivity index (χ1n) is 10.9. The number of thioether (sulfide) groups is 1. The Morgan fingerprint density at radius 2 is 1.67 bits per heavy atom. The van der Waals surface area contributed by atoms with Crippen molar-refractivity contribution in [1.29, 1.82) is 0 Å². The van der Waals surface area contributed by atoms with Gasteiger partial charge >= 0.3 is 0 Å². The summed E-state index contributed by atoms with van der Waals surface area (Å²) in [4.78, 5) is 43.7. The molecule has 5 rings (SSSR count). The molecule has 2 aliphatic rings. The Morgan fingerprint density at radius 3 is 2.42 bits per heavy atom. The molecule has 0 aliphatic carbocycles. The van der Waals surface area contributed by atoms with Crippen LogP contribution >= 0.6 is 11.8 Å². The first-order chi connectivity index (χ1) is 16.0. The maximum atomic E-state index is 12.9. The molecule has 2 saturated heterocycles. The maximum absolute atomic E-state index is 12.9.